The number of amides is 1. The van der Waals surface area contributed by atoms with Gasteiger partial charge in [0.2, 0.25) is 0 Å². The minimum Gasteiger partial charge on any atom is -0.348 e. The second-order valence-corrected chi connectivity index (χ2v) is 4.84. The summed E-state index contributed by atoms with van der Waals surface area (Å²) in [7, 11) is 0. The molecule has 0 bridgehead atoms. The van der Waals surface area contributed by atoms with Gasteiger partial charge in [-0.15, -0.1) is 12.4 Å². The van der Waals surface area contributed by atoms with Crippen molar-refractivity contribution in [2.24, 2.45) is 5.92 Å². The molecular formula is C11H17ClN2OS. The molecule has 0 aliphatic carbocycles. The van der Waals surface area contributed by atoms with Crippen molar-refractivity contribution in [3.05, 3.63) is 22.4 Å². The minimum absolute atomic E-state index is 0. The zero-order chi connectivity index (χ0) is 10.7. The summed E-state index contributed by atoms with van der Waals surface area (Å²) < 4.78 is 0. The molecule has 1 amide bonds. The number of hydrogen-bond donors (Lipinski definition) is 2. The van der Waals surface area contributed by atoms with Crippen molar-refractivity contribution in [3.63, 3.8) is 0 Å². The van der Waals surface area contributed by atoms with Crippen LogP contribution in [0.25, 0.3) is 0 Å². The third kappa shape index (κ3) is 3.20. The first kappa shape index (κ1) is 13.5. The fourth-order valence-corrected chi connectivity index (χ4v) is 2.46. The number of thiophene rings is 1. The van der Waals surface area contributed by atoms with E-state index in [9.17, 15) is 4.79 Å². The first-order valence-corrected chi connectivity index (χ1v) is 6.25. The molecular weight excluding hydrogens is 244 g/mol. The Kier molecular flexibility index (Phi) is 5.25. The molecule has 5 heteroatoms. The largest absolute Gasteiger partial charge is 0.348 e. The van der Waals surface area contributed by atoms with Crippen LogP contribution in [0.4, 0.5) is 0 Å². The Hall–Kier alpha value is -0.580. The lowest BCUT2D eigenvalue weighted by atomic mass is 9.94. The Morgan fingerprint density at radius 3 is 3.06 bits per heavy atom. The van der Waals surface area contributed by atoms with Crippen molar-refractivity contribution >= 4 is 29.7 Å². The van der Waals surface area contributed by atoms with Crippen molar-refractivity contribution in [2.45, 2.75) is 19.4 Å². The van der Waals surface area contributed by atoms with Gasteiger partial charge in [-0.25, -0.2) is 0 Å². The molecule has 1 fully saturated rings. The fraction of sp³-hybridized carbons (Fsp3) is 0.545. The molecule has 2 N–H and O–H groups in total. The van der Waals surface area contributed by atoms with Gasteiger partial charge in [-0.05, 0) is 30.3 Å². The average Bonchev–Trinajstić information content (AvgIpc) is 2.74. The monoisotopic (exact) mass is 260 g/mol. The van der Waals surface area contributed by atoms with E-state index in [4.69, 9.17) is 0 Å². The molecule has 1 aliphatic rings. The van der Waals surface area contributed by atoms with E-state index in [1.165, 1.54) is 0 Å². The number of halogens is 1. The second-order valence-electron chi connectivity index (χ2n) is 4.06. The number of nitrogens with one attached hydrogen (secondary N) is 2. The Morgan fingerprint density at radius 1 is 1.62 bits per heavy atom. The van der Waals surface area contributed by atoms with Gasteiger partial charge in [0.1, 0.15) is 0 Å². The van der Waals surface area contributed by atoms with Gasteiger partial charge in [0, 0.05) is 23.5 Å². The van der Waals surface area contributed by atoms with Crippen LogP contribution in [-0.4, -0.2) is 25.0 Å². The lowest BCUT2D eigenvalue weighted by Gasteiger charge is -2.30. The second kappa shape index (κ2) is 6.23. The summed E-state index contributed by atoms with van der Waals surface area (Å²) in [5, 5.41) is 10.2. The number of carbonyl (C=O) groups excluding carboxylic acids is 1. The van der Waals surface area contributed by atoms with Crippen molar-refractivity contribution in [3.8, 4) is 0 Å². The maximum atomic E-state index is 11.8. The Bertz CT molecular complexity index is 329. The maximum absolute atomic E-state index is 11.8. The lowest BCUT2D eigenvalue weighted by molar-refractivity contribution is 0.0915. The highest BCUT2D eigenvalue weighted by Crippen LogP contribution is 2.13. The number of rotatable bonds is 2. The van der Waals surface area contributed by atoms with Crippen LogP contribution in [0.5, 0.6) is 0 Å². The molecule has 3 nitrogen and oxygen atoms in total. The number of carbonyl (C=O) groups is 1. The Morgan fingerprint density at radius 2 is 2.44 bits per heavy atom. The topological polar surface area (TPSA) is 41.1 Å². The van der Waals surface area contributed by atoms with Gasteiger partial charge < -0.3 is 10.6 Å². The summed E-state index contributed by atoms with van der Waals surface area (Å²) in [6, 6.07) is 2.13. The van der Waals surface area contributed by atoms with E-state index in [-0.39, 0.29) is 24.4 Å². The molecule has 0 radical (unpaired) electrons. The van der Waals surface area contributed by atoms with Crippen LogP contribution in [0.1, 0.15) is 23.7 Å². The zero-order valence-corrected chi connectivity index (χ0v) is 10.9. The lowest BCUT2D eigenvalue weighted by Crippen LogP contribution is -2.50. The molecule has 2 unspecified atom stereocenters. The summed E-state index contributed by atoms with van der Waals surface area (Å²) >= 11 is 1.55. The van der Waals surface area contributed by atoms with E-state index in [0.717, 1.165) is 25.1 Å². The van der Waals surface area contributed by atoms with Crippen LogP contribution in [0.3, 0.4) is 0 Å². The third-order valence-electron chi connectivity index (χ3n) is 2.93. The molecule has 0 spiro atoms. The predicted octanol–water partition coefficient (Wildman–Crippen LogP) is 1.90. The molecule has 0 aromatic carbocycles. The van der Waals surface area contributed by atoms with Crippen molar-refractivity contribution in [2.75, 3.05) is 13.1 Å². The SMILES string of the molecule is CC1CCNCC1NC(=O)c1ccsc1.Cl. The normalized spacial score (nSPS) is 24.6. The van der Waals surface area contributed by atoms with Crippen LogP contribution in [0, 0.1) is 5.92 Å². The minimum atomic E-state index is 0. The van der Waals surface area contributed by atoms with E-state index < -0.39 is 0 Å². The van der Waals surface area contributed by atoms with E-state index >= 15 is 0 Å². The highest BCUT2D eigenvalue weighted by atomic mass is 35.5. The van der Waals surface area contributed by atoms with Crippen LogP contribution in [0.2, 0.25) is 0 Å². The third-order valence-corrected chi connectivity index (χ3v) is 3.61. The molecule has 2 heterocycles. The highest BCUT2D eigenvalue weighted by Gasteiger charge is 2.22. The smallest absolute Gasteiger partial charge is 0.252 e. The number of piperidine rings is 1. The van der Waals surface area contributed by atoms with E-state index in [1.807, 2.05) is 16.8 Å². The van der Waals surface area contributed by atoms with Gasteiger partial charge in [-0.1, -0.05) is 6.92 Å². The van der Waals surface area contributed by atoms with Gasteiger partial charge in [-0.3, -0.25) is 4.79 Å². The predicted molar refractivity (Wildman–Crippen MR) is 69.5 cm³/mol. The Balaban J connectivity index is 0.00000128. The highest BCUT2D eigenvalue weighted by molar-refractivity contribution is 7.08. The van der Waals surface area contributed by atoms with Gasteiger partial charge in [0.05, 0.1) is 0 Å². The molecule has 2 atom stereocenters. The van der Waals surface area contributed by atoms with Gasteiger partial charge >= 0.3 is 0 Å². The zero-order valence-electron chi connectivity index (χ0n) is 9.23. The quantitative estimate of drug-likeness (QED) is 0.853. The summed E-state index contributed by atoms with van der Waals surface area (Å²) in [4.78, 5) is 11.8. The standard InChI is InChI=1S/C11H16N2OS.ClH/c1-8-2-4-12-6-10(8)13-11(14)9-3-5-15-7-9;/h3,5,7-8,10,12H,2,4,6H2,1H3,(H,13,14);1H. The number of hydrogen-bond acceptors (Lipinski definition) is 3. The molecule has 1 saturated heterocycles. The fourth-order valence-electron chi connectivity index (χ4n) is 1.83. The van der Waals surface area contributed by atoms with Crippen molar-refractivity contribution in [1.29, 1.82) is 0 Å². The summed E-state index contributed by atoms with van der Waals surface area (Å²) in [5.74, 6) is 0.616. The summed E-state index contributed by atoms with van der Waals surface area (Å²) in [6.07, 6.45) is 1.13. The maximum Gasteiger partial charge on any atom is 0.252 e. The first-order chi connectivity index (χ1) is 7.27. The van der Waals surface area contributed by atoms with Crippen LogP contribution in [0.15, 0.2) is 16.8 Å². The summed E-state index contributed by atoms with van der Waals surface area (Å²) in [5.41, 5.74) is 0.776. The summed E-state index contributed by atoms with van der Waals surface area (Å²) in [6.45, 7) is 4.14. The van der Waals surface area contributed by atoms with E-state index in [1.54, 1.807) is 11.3 Å². The van der Waals surface area contributed by atoms with Crippen LogP contribution < -0.4 is 10.6 Å². The molecule has 1 aliphatic heterocycles. The molecule has 90 valence electrons. The van der Waals surface area contributed by atoms with Gasteiger partial charge in [-0.2, -0.15) is 11.3 Å². The van der Waals surface area contributed by atoms with Crippen LogP contribution in [-0.2, 0) is 0 Å². The molecule has 16 heavy (non-hydrogen) atoms. The molecule has 1 aromatic heterocycles. The molecule has 2 rings (SSSR count). The van der Waals surface area contributed by atoms with Crippen molar-refractivity contribution < 1.29 is 4.79 Å². The van der Waals surface area contributed by atoms with Gasteiger partial charge in [0.25, 0.3) is 5.91 Å². The molecule has 0 saturated carbocycles. The van der Waals surface area contributed by atoms with E-state index in [0.29, 0.717) is 5.92 Å². The average molecular weight is 261 g/mol. The van der Waals surface area contributed by atoms with Gasteiger partial charge in [0.15, 0.2) is 0 Å². The van der Waals surface area contributed by atoms with Crippen LogP contribution >= 0.6 is 23.7 Å². The molecule has 1 aromatic rings. The first-order valence-electron chi connectivity index (χ1n) is 5.31. The Labute approximate surface area is 106 Å². The van der Waals surface area contributed by atoms with E-state index in [2.05, 4.69) is 17.6 Å². The van der Waals surface area contributed by atoms with Crippen molar-refractivity contribution in [1.82, 2.24) is 10.6 Å².